The second-order valence-electron chi connectivity index (χ2n) is 6.61. The molecule has 0 aliphatic rings. The van der Waals surface area contributed by atoms with Crippen LogP contribution in [-0.2, 0) is 0 Å². The highest BCUT2D eigenvalue weighted by atomic mass is 16.1. The first-order valence-corrected chi connectivity index (χ1v) is 8.19. The molecule has 0 aliphatic heterocycles. The molecule has 0 aliphatic carbocycles. The van der Waals surface area contributed by atoms with Gasteiger partial charge in [0.15, 0.2) is 0 Å². The van der Waals surface area contributed by atoms with Gasteiger partial charge in [-0.25, -0.2) is 9.97 Å². The van der Waals surface area contributed by atoms with Crippen molar-refractivity contribution >= 4 is 0 Å². The molecule has 132 valence electrons. The van der Waals surface area contributed by atoms with Crippen LogP contribution in [0.15, 0.2) is 9.59 Å². The van der Waals surface area contributed by atoms with E-state index in [4.69, 9.17) is 0 Å². The maximum atomic E-state index is 11.4. The molecular formula is C18H28N4O2. The van der Waals surface area contributed by atoms with Gasteiger partial charge in [-0.15, -0.1) is 0 Å². The third kappa shape index (κ3) is 4.88. The second kappa shape index (κ2) is 8.04. The van der Waals surface area contributed by atoms with Crippen LogP contribution in [0.3, 0.4) is 0 Å². The van der Waals surface area contributed by atoms with E-state index in [0.717, 1.165) is 22.5 Å². The van der Waals surface area contributed by atoms with Crippen LogP contribution in [0.5, 0.6) is 0 Å². The largest absolute Gasteiger partial charge is 0.311 e. The molecule has 6 nitrogen and oxygen atoms in total. The molecule has 0 saturated carbocycles. The molecule has 0 spiro atoms. The second-order valence-corrected chi connectivity index (χ2v) is 6.61. The van der Waals surface area contributed by atoms with Gasteiger partial charge in [0.2, 0.25) is 0 Å². The van der Waals surface area contributed by atoms with Crippen LogP contribution in [0.4, 0.5) is 0 Å². The monoisotopic (exact) mass is 332 g/mol. The van der Waals surface area contributed by atoms with Crippen molar-refractivity contribution in [1.82, 2.24) is 19.9 Å². The Bertz CT molecular complexity index is 747. The van der Waals surface area contributed by atoms with E-state index in [2.05, 4.69) is 19.9 Å². The fourth-order valence-electron chi connectivity index (χ4n) is 2.83. The summed E-state index contributed by atoms with van der Waals surface area (Å²) >= 11 is 0. The van der Waals surface area contributed by atoms with Gasteiger partial charge in [-0.3, -0.25) is 9.59 Å². The SMILES string of the molecule is Cc1nc(C)c(C(C)C)c(=O)[nH]1.Cc1nc(C)c(C(C)C)c(=O)[nH]1. The first kappa shape index (κ1) is 19.8. The quantitative estimate of drug-likeness (QED) is 0.884. The molecule has 0 radical (unpaired) electrons. The van der Waals surface area contributed by atoms with Crippen LogP contribution in [0, 0.1) is 27.7 Å². The number of nitrogens with one attached hydrogen (secondary N) is 2. The minimum absolute atomic E-state index is 0.00463. The number of hydrogen-bond acceptors (Lipinski definition) is 4. The molecule has 0 amide bonds. The molecule has 0 atom stereocenters. The maximum Gasteiger partial charge on any atom is 0.254 e. The molecule has 2 rings (SSSR count). The van der Waals surface area contributed by atoms with Gasteiger partial charge in [0.05, 0.1) is 0 Å². The molecule has 2 N–H and O–H groups in total. The Morgan fingerprint density at radius 1 is 0.667 bits per heavy atom. The van der Waals surface area contributed by atoms with Crippen molar-refractivity contribution in [1.29, 1.82) is 0 Å². The van der Waals surface area contributed by atoms with E-state index in [0.29, 0.717) is 11.6 Å². The fourth-order valence-corrected chi connectivity index (χ4v) is 2.83. The highest BCUT2D eigenvalue weighted by Crippen LogP contribution is 2.12. The standard InChI is InChI=1S/2C9H14N2O/c2*1-5(2)8-6(3)10-7(4)11-9(8)12/h2*5H,1-4H3,(H,10,11,12). The van der Waals surface area contributed by atoms with E-state index in [1.807, 2.05) is 41.5 Å². The lowest BCUT2D eigenvalue weighted by atomic mass is 10.0. The summed E-state index contributed by atoms with van der Waals surface area (Å²) in [5, 5.41) is 0. The van der Waals surface area contributed by atoms with Crippen molar-refractivity contribution < 1.29 is 0 Å². The fraction of sp³-hybridized carbons (Fsp3) is 0.556. The Balaban J connectivity index is 0.000000240. The van der Waals surface area contributed by atoms with Crippen molar-refractivity contribution in [2.45, 2.75) is 67.2 Å². The van der Waals surface area contributed by atoms with Gasteiger partial charge in [0, 0.05) is 22.5 Å². The van der Waals surface area contributed by atoms with Crippen LogP contribution < -0.4 is 11.1 Å². The molecule has 2 aromatic rings. The average molecular weight is 332 g/mol. The number of aromatic nitrogens is 4. The minimum atomic E-state index is -0.00463. The summed E-state index contributed by atoms with van der Waals surface area (Å²) in [6.07, 6.45) is 0. The number of hydrogen-bond donors (Lipinski definition) is 2. The van der Waals surface area contributed by atoms with E-state index < -0.39 is 0 Å². The zero-order valence-corrected chi connectivity index (χ0v) is 15.9. The molecule has 2 aromatic heterocycles. The van der Waals surface area contributed by atoms with Gasteiger partial charge in [0.25, 0.3) is 11.1 Å². The molecule has 0 saturated heterocycles. The van der Waals surface area contributed by atoms with Gasteiger partial charge in [-0.05, 0) is 39.5 Å². The lowest BCUT2D eigenvalue weighted by Crippen LogP contribution is -2.18. The summed E-state index contributed by atoms with van der Waals surface area (Å²) in [5.41, 5.74) is 3.25. The van der Waals surface area contributed by atoms with Gasteiger partial charge in [-0.1, -0.05) is 27.7 Å². The summed E-state index contributed by atoms with van der Waals surface area (Å²) in [5.74, 6) is 1.84. The normalized spacial score (nSPS) is 10.8. The Labute approximate surface area is 142 Å². The number of H-pyrrole nitrogens is 2. The van der Waals surface area contributed by atoms with Crippen LogP contribution in [0.25, 0.3) is 0 Å². The number of rotatable bonds is 2. The highest BCUT2D eigenvalue weighted by molar-refractivity contribution is 5.20. The van der Waals surface area contributed by atoms with Crippen LogP contribution in [-0.4, -0.2) is 19.9 Å². The molecule has 24 heavy (non-hydrogen) atoms. The third-order valence-corrected chi connectivity index (χ3v) is 3.68. The summed E-state index contributed by atoms with van der Waals surface area (Å²) < 4.78 is 0. The summed E-state index contributed by atoms with van der Waals surface area (Å²) in [4.78, 5) is 36.6. The summed E-state index contributed by atoms with van der Waals surface area (Å²) in [6, 6.07) is 0. The zero-order chi connectivity index (χ0) is 18.6. The molecule has 0 bridgehead atoms. The van der Waals surface area contributed by atoms with Crippen molar-refractivity contribution in [2.75, 3.05) is 0 Å². The highest BCUT2D eigenvalue weighted by Gasteiger charge is 2.10. The Morgan fingerprint density at radius 2 is 0.958 bits per heavy atom. The molecule has 0 aromatic carbocycles. The van der Waals surface area contributed by atoms with Crippen molar-refractivity contribution in [3.05, 3.63) is 54.9 Å². The molecule has 0 fully saturated rings. The number of aryl methyl sites for hydroxylation is 4. The van der Waals surface area contributed by atoms with Crippen LogP contribution in [0.2, 0.25) is 0 Å². The number of nitrogens with zero attached hydrogens (tertiary/aromatic N) is 2. The van der Waals surface area contributed by atoms with E-state index in [1.54, 1.807) is 13.8 Å². The third-order valence-electron chi connectivity index (χ3n) is 3.68. The van der Waals surface area contributed by atoms with Crippen LogP contribution in [0.1, 0.15) is 73.7 Å². The van der Waals surface area contributed by atoms with E-state index in [9.17, 15) is 9.59 Å². The van der Waals surface area contributed by atoms with Crippen molar-refractivity contribution in [3.8, 4) is 0 Å². The Morgan fingerprint density at radius 3 is 1.17 bits per heavy atom. The summed E-state index contributed by atoms with van der Waals surface area (Å²) in [6.45, 7) is 15.3. The topological polar surface area (TPSA) is 91.5 Å². The first-order valence-electron chi connectivity index (χ1n) is 8.19. The van der Waals surface area contributed by atoms with E-state index >= 15 is 0 Å². The average Bonchev–Trinajstić information content (AvgIpc) is 2.35. The van der Waals surface area contributed by atoms with Crippen molar-refractivity contribution in [3.63, 3.8) is 0 Å². The smallest absolute Gasteiger partial charge is 0.254 e. The summed E-state index contributed by atoms with van der Waals surface area (Å²) in [7, 11) is 0. The molecule has 2 heterocycles. The maximum absolute atomic E-state index is 11.4. The Hall–Kier alpha value is -2.24. The van der Waals surface area contributed by atoms with Gasteiger partial charge < -0.3 is 9.97 Å². The lowest BCUT2D eigenvalue weighted by molar-refractivity contribution is 0.800. The van der Waals surface area contributed by atoms with Gasteiger partial charge in [-0.2, -0.15) is 0 Å². The van der Waals surface area contributed by atoms with Gasteiger partial charge >= 0.3 is 0 Å². The lowest BCUT2D eigenvalue weighted by Gasteiger charge is -2.07. The van der Waals surface area contributed by atoms with Gasteiger partial charge in [0.1, 0.15) is 11.6 Å². The minimum Gasteiger partial charge on any atom is -0.311 e. The predicted octanol–water partition coefficient (Wildman–Crippen LogP) is 3.02. The number of aromatic amines is 2. The Kier molecular flexibility index (Phi) is 6.63. The zero-order valence-electron chi connectivity index (χ0n) is 15.9. The predicted molar refractivity (Wildman–Crippen MR) is 96.8 cm³/mol. The molecule has 0 unspecified atom stereocenters. The molecular weight excluding hydrogens is 304 g/mol. The van der Waals surface area contributed by atoms with E-state index in [-0.39, 0.29) is 23.0 Å². The van der Waals surface area contributed by atoms with Crippen LogP contribution >= 0.6 is 0 Å². The van der Waals surface area contributed by atoms with E-state index in [1.165, 1.54) is 0 Å². The molecule has 6 heteroatoms. The van der Waals surface area contributed by atoms with Crippen molar-refractivity contribution in [2.24, 2.45) is 0 Å². The first-order chi connectivity index (χ1) is 11.0.